The molecule has 1 aromatic carbocycles. The molecular formula is C21H28N4O. The van der Waals surface area contributed by atoms with Gasteiger partial charge in [-0.05, 0) is 58.3 Å². The van der Waals surface area contributed by atoms with E-state index < -0.39 is 0 Å². The second kappa shape index (κ2) is 8.41. The average Bonchev–Trinajstić information content (AvgIpc) is 2.63. The molecule has 0 bridgehead atoms. The molecule has 1 aliphatic rings. The Morgan fingerprint density at radius 1 is 1.15 bits per heavy atom. The molecule has 3 rings (SSSR count). The Labute approximate surface area is 156 Å². The zero-order chi connectivity index (χ0) is 18.5. The predicted octanol–water partition coefficient (Wildman–Crippen LogP) is 2.94. The number of carbonyl (C=O) groups is 1. The maximum atomic E-state index is 12.6. The van der Waals surface area contributed by atoms with Crippen molar-refractivity contribution in [2.75, 3.05) is 27.2 Å². The minimum atomic E-state index is 0.153. The van der Waals surface area contributed by atoms with Gasteiger partial charge in [-0.1, -0.05) is 17.7 Å². The minimum Gasteiger partial charge on any atom is -0.339 e. The minimum absolute atomic E-state index is 0.153. The number of carbonyl (C=O) groups excluding carboxylic acids is 1. The summed E-state index contributed by atoms with van der Waals surface area (Å²) in [5.41, 5.74) is 3.97. The summed E-state index contributed by atoms with van der Waals surface area (Å²) < 4.78 is 0. The Balaban J connectivity index is 1.51. The van der Waals surface area contributed by atoms with Crippen molar-refractivity contribution < 1.29 is 4.79 Å². The third kappa shape index (κ3) is 4.88. The van der Waals surface area contributed by atoms with E-state index in [-0.39, 0.29) is 5.91 Å². The van der Waals surface area contributed by atoms with E-state index in [0.717, 1.165) is 61.4 Å². The van der Waals surface area contributed by atoms with Gasteiger partial charge >= 0.3 is 0 Å². The first-order chi connectivity index (χ1) is 12.5. The van der Waals surface area contributed by atoms with Gasteiger partial charge in [-0.25, -0.2) is 0 Å². The van der Waals surface area contributed by atoms with E-state index in [1.807, 2.05) is 62.6 Å². The van der Waals surface area contributed by atoms with Crippen molar-refractivity contribution in [1.82, 2.24) is 19.8 Å². The lowest BCUT2D eigenvalue weighted by Crippen LogP contribution is -2.39. The molecule has 0 radical (unpaired) electrons. The molecule has 1 aromatic heterocycles. The number of likely N-dealkylation sites (tertiary alicyclic amines) is 1. The Morgan fingerprint density at radius 2 is 1.85 bits per heavy atom. The number of hydrogen-bond donors (Lipinski definition) is 0. The summed E-state index contributed by atoms with van der Waals surface area (Å²) in [6.45, 7) is 4.48. The van der Waals surface area contributed by atoms with Gasteiger partial charge in [0.25, 0.3) is 5.91 Å². The van der Waals surface area contributed by atoms with Crippen molar-refractivity contribution in [1.29, 1.82) is 0 Å². The van der Waals surface area contributed by atoms with Crippen LogP contribution in [0.4, 0.5) is 0 Å². The molecule has 1 saturated heterocycles. The third-order valence-electron chi connectivity index (χ3n) is 4.90. The number of benzene rings is 1. The maximum Gasteiger partial charge on any atom is 0.253 e. The van der Waals surface area contributed by atoms with Crippen molar-refractivity contribution in [3.8, 4) is 0 Å². The van der Waals surface area contributed by atoms with Crippen LogP contribution in [0.25, 0.3) is 0 Å². The zero-order valence-electron chi connectivity index (χ0n) is 16.0. The van der Waals surface area contributed by atoms with Crippen LogP contribution in [-0.4, -0.2) is 52.9 Å². The highest BCUT2D eigenvalue weighted by Gasteiger charge is 2.24. The number of amides is 1. The fraction of sp³-hybridized carbons (Fsp3) is 0.476. The van der Waals surface area contributed by atoms with Crippen LogP contribution in [0.3, 0.4) is 0 Å². The van der Waals surface area contributed by atoms with Gasteiger partial charge in [-0.2, -0.15) is 0 Å². The number of rotatable bonds is 5. The van der Waals surface area contributed by atoms with Gasteiger partial charge in [-0.3, -0.25) is 14.8 Å². The van der Waals surface area contributed by atoms with Crippen LogP contribution in [0.1, 0.15) is 40.2 Å². The van der Waals surface area contributed by atoms with Crippen molar-refractivity contribution in [2.45, 2.75) is 32.7 Å². The van der Waals surface area contributed by atoms with Gasteiger partial charge in [0.1, 0.15) is 0 Å². The number of aromatic nitrogens is 2. The fourth-order valence-corrected chi connectivity index (χ4v) is 3.49. The lowest BCUT2D eigenvalue weighted by atomic mass is 9.92. The Morgan fingerprint density at radius 3 is 2.46 bits per heavy atom. The normalized spacial score (nSPS) is 15.5. The molecule has 0 spiro atoms. The summed E-state index contributed by atoms with van der Waals surface area (Å²) in [6, 6.07) is 7.85. The number of piperidine rings is 1. The Bertz CT molecular complexity index is 734. The molecular weight excluding hydrogens is 324 g/mol. The number of nitrogens with zero attached hydrogens (tertiary/aromatic N) is 4. The standard InChI is InChI=1S/C21H28N4O/c1-16-5-4-6-18(11-16)21(26)25-9-7-17(8-10-25)12-19-13-23-20(14-22-19)15-24(2)3/h4-6,11,13-14,17H,7-10,12,15H2,1-3H3. The first kappa shape index (κ1) is 18.5. The van der Waals surface area contributed by atoms with Gasteiger partial charge in [0, 0.05) is 31.4 Å². The molecule has 0 unspecified atom stereocenters. The monoisotopic (exact) mass is 352 g/mol. The molecule has 1 fully saturated rings. The first-order valence-electron chi connectivity index (χ1n) is 9.32. The van der Waals surface area contributed by atoms with E-state index in [4.69, 9.17) is 0 Å². The van der Waals surface area contributed by atoms with Crippen molar-refractivity contribution in [3.63, 3.8) is 0 Å². The molecule has 5 nitrogen and oxygen atoms in total. The summed E-state index contributed by atoms with van der Waals surface area (Å²) in [4.78, 5) is 25.8. The lowest BCUT2D eigenvalue weighted by Gasteiger charge is -2.32. The smallest absolute Gasteiger partial charge is 0.253 e. The molecule has 0 N–H and O–H groups in total. The SMILES string of the molecule is Cc1cccc(C(=O)N2CCC(Cc3cnc(CN(C)C)cn3)CC2)c1. The summed E-state index contributed by atoms with van der Waals surface area (Å²) in [6.07, 6.45) is 6.79. The van der Waals surface area contributed by atoms with E-state index in [2.05, 4.69) is 14.9 Å². The van der Waals surface area contributed by atoms with Crippen LogP contribution in [0.2, 0.25) is 0 Å². The molecule has 0 saturated carbocycles. The van der Waals surface area contributed by atoms with Crippen molar-refractivity contribution in [3.05, 3.63) is 59.2 Å². The van der Waals surface area contributed by atoms with Crippen LogP contribution in [0, 0.1) is 12.8 Å². The largest absolute Gasteiger partial charge is 0.339 e. The molecule has 138 valence electrons. The molecule has 2 heterocycles. The van der Waals surface area contributed by atoms with Crippen LogP contribution >= 0.6 is 0 Å². The summed E-state index contributed by atoms with van der Waals surface area (Å²) in [5, 5.41) is 0. The average molecular weight is 352 g/mol. The second-order valence-corrected chi connectivity index (χ2v) is 7.55. The quantitative estimate of drug-likeness (QED) is 0.830. The van der Waals surface area contributed by atoms with Crippen LogP contribution in [0.5, 0.6) is 0 Å². The molecule has 0 aliphatic carbocycles. The summed E-state index contributed by atoms with van der Waals surface area (Å²) in [5.74, 6) is 0.727. The predicted molar refractivity (Wildman–Crippen MR) is 103 cm³/mol. The maximum absolute atomic E-state index is 12.6. The van der Waals surface area contributed by atoms with E-state index in [0.29, 0.717) is 5.92 Å². The van der Waals surface area contributed by atoms with Crippen LogP contribution in [-0.2, 0) is 13.0 Å². The Hall–Kier alpha value is -2.27. The van der Waals surface area contributed by atoms with Gasteiger partial charge in [0.15, 0.2) is 0 Å². The second-order valence-electron chi connectivity index (χ2n) is 7.55. The van der Waals surface area contributed by atoms with E-state index >= 15 is 0 Å². The third-order valence-corrected chi connectivity index (χ3v) is 4.90. The lowest BCUT2D eigenvalue weighted by molar-refractivity contribution is 0.0690. The van der Waals surface area contributed by atoms with Gasteiger partial charge in [0.05, 0.1) is 17.6 Å². The molecule has 2 aromatic rings. The summed E-state index contributed by atoms with van der Waals surface area (Å²) >= 11 is 0. The molecule has 0 atom stereocenters. The van der Waals surface area contributed by atoms with Gasteiger partial charge in [0.2, 0.25) is 0 Å². The first-order valence-corrected chi connectivity index (χ1v) is 9.32. The molecule has 1 aliphatic heterocycles. The highest BCUT2D eigenvalue weighted by molar-refractivity contribution is 5.94. The van der Waals surface area contributed by atoms with Crippen molar-refractivity contribution >= 4 is 5.91 Å². The van der Waals surface area contributed by atoms with Crippen molar-refractivity contribution in [2.24, 2.45) is 5.92 Å². The summed E-state index contributed by atoms with van der Waals surface area (Å²) in [7, 11) is 4.06. The van der Waals surface area contributed by atoms with Gasteiger partial charge in [-0.15, -0.1) is 0 Å². The van der Waals surface area contributed by atoms with Crippen LogP contribution < -0.4 is 0 Å². The van der Waals surface area contributed by atoms with Crippen LogP contribution in [0.15, 0.2) is 36.7 Å². The molecule has 1 amide bonds. The van der Waals surface area contributed by atoms with E-state index in [1.165, 1.54) is 0 Å². The highest BCUT2D eigenvalue weighted by atomic mass is 16.2. The van der Waals surface area contributed by atoms with Gasteiger partial charge < -0.3 is 9.80 Å². The van der Waals surface area contributed by atoms with E-state index in [1.54, 1.807) is 0 Å². The topological polar surface area (TPSA) is 49.3 Å². The molecule has 5 heteroatoms. The zero-order valence-corrected chi connectivity index (χ0v) is 16.0. The number of hydrogen-bond acceptors (Lipinski definition) is 4. The highest BCUT2D eigenvalue weighted by Crippen LogP contribution is 2.22. The van der Waals surface area contributed by atoms with E-state index in [9.17, 15) is 4.79 Å². The number of aryl methyl sites for hydroxylation is 1. The Kier molecular flexibility index (Phi) is 5.99. The molecule has 26 heavy (non-hydrogen) atoms. The fourth-order valence-electron chi connectivity index (χ4n) is 3.49.